The van der Waals surface area contributed by atoms with E-state index in [0.717, 1.165) is 51.4 Å². The number of carbonyl (C=O) groups excluding carboxylic acids is 2. The van der Waals surface area contributed by atoms with Gasteiger partial charge in [-0.1, -0.05) is 139 Å². The van der Waals surface area contributed by atoms with Gasteiger partial charge in [0.1, 0.15) is 0 Å². The largest absolute Gasteiger partial charge is 0.466 e. The molecule has 0 radical (unpaired) electrons. The second-order valence-electron chi connectivity index (χ2n) is 10.1. The quantitative estimate of drug-likeness (QED) is 0.0721. The van der Waals surface area contributed by atoms with Gasteiger partial charge in [-0.25, -0.2) is 0 Å². The molecule has 37 heavy (non-hydrogen) atoms. The number of benzene rings is 1. The Balaban J connectivity index is 1.83. The van der Waals surface area contributed by atoms with Crippen molar-refractivity contribution in [1.82, 2.24) is 0 Å². The molecule has 6 heteroatoms. The maximum atomic E-state index is 12.0. The van der Waals surface area contributed by atoms with E-state index >= 15 is 0 Å². The van der Waals surface area contributed by atoms with Crippen LogP contribution in [0.1, 0.15) is 142 Å². The number of carbonyl (C=O) groups is 2. The molecule has 0 unspecified atom stereocenters. The van der Waals surface area contributed by atoms with E-state index in [0.29, 0.717) is 29.5 Å². The number of halogens is 2. The second-order valence-corrected chi connectivity index (χ2v) is 10.9. The van der Waals surface area contributed by atoms with Crippen molar-refractivity contribution in [3.63, 3.8) is 0 Å². The van der Waals surface area contributed by atoms with Crippen molar-refractivity contribution >= 4 is 35.1 Å². The molecule has 212 valence electrons. The van der Waals surface area contributed by atoms with Gasteiger partial charge in [-0.2, -0.15) is 0 Å². The van der Waals surface area contributed by atoms with Crippen LogP contribution in [0.5, 0.6) is 5.75 Å². The van der Waals surface area contributed by atoms with E-state index in [1.54, 1.807) is 18.2 Å². The molecular weight excluding hydrogens is 507 g/mol. The summed E-state index contributed by atoms with van der Waals surface area (Å²) in [6.07, 6.45) is 23.7. The number of hydrogen-bond donors (Lipinski definition) is 0. The van der Waals surface area contributed by atoms with Gasteiger partial charge in [0.25, 0.3) is 0 Å². The van der Waals surface area contributed by atoms with Crippen LogP contribution in [0.15, 0.2) is 18.2 Å². The molecular formula is C31H50Cl2O4. The molecule has 1 aromatic carbocycles. The minimum atomic E-state index is -0.318. The Labute approximate surface area is 236 Å². The zero-order chi connectivity index (χ0) is 27.0. The van der Waals surface area contributed by atoms with Crippen LogP contribution in [-0.2, 0) is 14.3 Å². The zero-order valence-corrected chi connectivity index (χ0v) is 24.7. The van der Waals surface area contributed by atoms with E-state index in [4.69, 9.17) is 32.7 Å². The summed E-state index contributed by atoms with van der Waals surface area (Å²) < 4.78 is 10.7. The Kier molecular flexibility index (Phi) is 21.7. The van der Waals surface area contributed by atoms with E-state index < -0.39 is 0 Å². The minimum Gasteiger partial charge on any atom is -0.466 e. The first-order valence-corrected chi connectivity index (χ1v) is 15.6. The molecule has 0 heterocycles. The fraction of sp³-hybridized carbons (Fsp3) is 0.742. The van der Waals surface area contributed by atoms with Gasteiger partial charge in [0.15, 0.2) is 5.75 Å². The van der Waals surface area contributed by atoms with Crippen LogP contribution in [0, 0.1) is 0 Å². The smallest absolute Gasteiger partial charge is 0.311 e. The Morgan fingerprint density at radius 1 is 0.595 bits per heavy atom. The topological polar surface area (TPSA) is 52.6 Å². The third-order valence-electron chi connectivity index (χ3n) is 6.66. The molecule has 0 bridgehead atoms. The number of para-hydroxylation sites is 1. The lowest BCUT2D eigenvalue weighted by atomic mass is 10.0. The summed E-state index contributed by atoms with van der Waals surface area (Å²) in [4.78, 5) is 23.9. The van der Waals surface area contributed by atoms with Crippen LogP contribution in [-0.4, -0.2) is 18.5 Å². The first-order chi connectivity index (χ1) is 18.0. The zero-order valence-electron chi connectivity index (χ0n) is 23.2. The highest BCUT2D eigenvalue weighted by molar-refractivity contribution is 6.37. The summed E-state index contributed by atoms with van der Waals surface area (Å²) in [5.74, 6) is -0.155. The average Bonchev–Trinajstić information content (AvgIpc) is 2.88. The lowest BCUT2D eigenvalue weighted by Crippen LogP contribution is -2.08. The van der Waals surface area contributed by atoms with E-state index in [9.17, 15) is 9.59 Å². The highest BCUT2D eigenvalue weighted by Gasteiger charge is 2.11. The van der Waals surface area contributed by atoms with Gasteiger partial charge in [0.2, 0.25) is 0 Å². The van der Waals surface area contributed by atoms with Gasteiger partial charge in [0.05, 0.1) is 16.7 Å². The maximum absolute atomic E-state index is 12.0. The molecule has 1 rings (SSSR count). The normalized spacial score (nSPS) is 11.0. The highest BCUT2D eigenvalue weighted by Crippen LogP contribution is 2.32. The molecule has 0 aliphatic carbocycles. The molecule has 0 aliphatic rings. The Hall–Kier alpha value is -1.26. The highest BCUT2D eigenvalue weighted by atomic mass is 35.5. The van der Waals surface area contributed by atoms with Gasteiger partial charge in [-0.05, 0) is 31.4 Å². The number of esters is 2. The van der Waals surface area contributed by atoms with Crippen LogP contribution in [0.25, 0.3) is 0 Å². The monoisotopic (exact) mass is 556 g/mol. The van der Waals surface area contributed by atoms with E-state index in [1.807, 2.05) is 0 Å². The maximum Gasteiger partial charge on any atom is 0.311 e. The third-order valence-corrected chi connectivity index (χ3v) is 7.25. The summed E-state index contributed by atoms with van der Waals surface area (Å²) in [6, 6.07) is 5.00. The SMILES string of the molecule is CCCCCCCCCCCCCCCOC(=O)CCCCCCCCC(=O)Oc1c(Cl)cccc1Cl. The third kappa shape index (κ3) is 19.5. The van der Waals surface area contributed by atoms with Crippen molar-refractivity contribution in [3.05, 3.63) is 28.2 Å². The number of unbranched alkanes of at least 4 members (excludes halogenated alkanes) is 17. The predicted molar refractivity (Wildman–Crippen MR) is 156 cm³/mol. The second kappa shape index (κ2) is 23.8. The van der Waals surface area contributed by atoms with Crippen LogP contribution in [0.3, 0.4) is 0 Å². The molecule has 0 fully saturated rings. The van der Waals surface area contributed by atoms with Gasteiger partial charge in [-0.15, -0.1) is 0 Å². The Morgan fingerprint density at radius 3 is 1.49 bits per heavy atom. The lowest BCUT2D eigenvalue weighted by Gasteiger charge is -2.08. The number of ether oxygens (including phenoxy) is 2. The van der Waals surface area contributed by atoms with Crippen molar-refractivity contribution < 1.29 is 19.1 Å². The summed E-state index contributed by atoms with van der Waals surface area (Å²) in [7, 11) is 0. The summed E-state index contributed by atoms with van der Waals surface area (Å²) in [6.45, 7) is 2.83. The molecule has 1 aromatic rings. The van der Waals surface area contributed by atoms with E-state index in [-0.39, 0.29) is 17.7 Å². The predicted octanol–water partition coefficient (Wildman–Crippen LogP) is 10.7. The van der Waals surface area contributed by atoms with Crippen molar-refractivity contribution in [3.8, 4) is 5.75 Å². The number of hydrogen-bond acceptors (Lipinski definition) is 4. The molecule has 0 spiro atoms. The van der Waals surface area contributed by atoms with Crippen molar-refractivity contribution in [2.75, 3.05) is 6.61 Å². The summed E-state index contributed by atoms with van der Waals surface area (Å²) in [5.41, 5.74) is 0. The molecule has 0 aliphatic heterocycles. The lowest BCUT2D eigenvalue weighted by molar-refractivity contribution is -0.144. The first kappa shape index (κ1) is 33.8. The molecule has 4 nitrogen and oxygen atoms in total. The van der Waals surface area contributed by atoms with Crippen molar-refractivity contribution in [2.24, 2.45) is 0 Å². The van der Waals surface area contributed by atoms with Crippen LogP contribution in [0.4, 0.5) is 0 Å². The van der Waals surface area contributed by atoms with Gasteiger partial charge in [-0.3, -0.25) is 9.59 Å². The van der Waals surface area contributed by atoms with Crippen LogP contribution >= 0.6 is 23.2 Å². The van der Waals surface area contributed by atoms with Gasteiger partial charge < -0.3 is 9.47 Å². The fourth-order valence-corrected chi connectivity index (χ4v) is 4.84. The fourth-order valence-electron chi connectivity index (χ4n) is 4.37. The molecule has 0 N–H and O–H groups in total. The summed E-state index contributed by atoms with van der Waals surface area (Å²) in [5, 5.41) is 0.674. The average molecular weight is 558 g/mol. The number of rotatable bonds is 24. The van der Waals surface area contributed by atoms with E-state index in [1.165, 1.54) is 70.6 Å². The molecule has 0 aromatic heterocycles. The standard InChI is InChI=1S/C31H50Cl2O4/c1-2-3-4-5-6-7-8-9-10-11-14-17-20-26-36-29(34)24-18-15-12-13-16-19-25-30(35)37-31-27(32)22-21-23-28(31)33/h21-23H,2-20,24-26H2,1H3. The summed E-state index contributed by atoms with van der Waals surface area (Å²) >= 11 is 12.0. The van der Waals surface area contributed by atoms with Gasteiger partial charge >= 0.3 is 11.9 Å². The van der Waals surface area contributed by atoms with Gasteiger partial charge in [0, 0.05) is 12.8 Å². The van der Waals surface area contributed by atoms with Crippen molar-refractivity contribution in [1.29, 1.82) is 0 Å². The Bertz CT molecular complexity index is 703. The van der Waals surface area contributed by atoms with E-state index in [2.05, 4.69) is 6.92 Å². The molecule has 0 saturated carbocycles. The molecule has 0 atom stereocenters. The Morgan fingerprint density at radius 2 is 1.00 bits per heavy atom. The first-order valence-electron chi connectivity index (χ1n) is 14.8. The molecule has 0 saturated heterocycles. The van der Waals surface area contributed by atoms with Crippen LogP contribution < -0.4 is 4.74 Å². The molecule has 0 amide bonds. The van der Waals surface area contributed by atoms with Crippen LogP contribution in [0.2, 0.25) is 10.0 Å². The minimum absolute atomic E-state index is 0.0695. The van der Waals surface area contributed by atoms with Crippen molar-refractivity contribution in [2.45, 2.75) is 142 Å².